The van der Waals surface area contributed by atoms with Crippen molar-refractivity contribution >= 4 is 29.0 Å². The molecule has 0 heterocycles. The van der Waals surface area contributed by atoms with Crippen molar-refractivity contribution in [2.75, 3.05) is 6.61 Å². The molecule has 78 valence electrons. The van der Waals surface area contributed by atoms with Crippen LogP contribution >= 0.6 is 12.2 Å². The Kier molecular flexibility index (Phi) is 4.09. The highest BCUT2D eigenvalue weighted by Crippen LogP contribution is 2.17. The molecule has 0 aromatic heterocycles. The molecule has 0 amide bonds. The van der Waals surface area contributed by atoms with Crippen molar-refractivity contribution in [3.63, 3.8) is 0 Å². The van der Waals surface area contributed by atoms with Gasteiger partial charge in [-0.15, -0.1) is 0 Å². The molecule has 1 aromatic carbocycles. The summed E-state index contributed by atoms with van der Waals surface area (Å²) < 4.78 is 17.9. The van der Waals surface area contributed by atoms with E-state index in [2.05, 4.69) is 27.1 Å². The van der Waals surface area contributed by atoms with Crippen LogP contribution in [0.1, 0.15) is 17.3 Å². The Morgan fingerprint density at radius 3 is 3.00 bits per heavy atom. The Balaban J connectivity index is 3.10. The van der Waals surface area contributed by atoms with Crippen molar-refractivity contribution in [2.45, 2.75) is 6.92 Å². The van der Waals surface area contributed by atoms with E-state index in [-0.39, 0.29) is 12.2 Å². The summed E-state index contributed by atoms with van der Waals surface area (Å²) in [5, 5.41) is 2.14. The van der Waals surface area contributed by atoms with Crippen LogP contribution in [0, 0.1) is 5.82 Å². The summed E-state index contributed by atoms with van der Waals surface area (Å²) in [7, 11) is 0. The summed E-state index contributed by atoms with van der Waals surface area (Å²) in [5.41, 5.74) is 0.220. The number of halogens is 1. The number of aliphatic imine (C=N–C) groups is 1. The molecule has 0 spiro atoms. The van der Waals surface area contributed by atoms with Gasteiger partial charge in [0.15, 0.2) is 0 Å². The third kappa shape index (κ3) is 2.94. The highest BCUT2D eigenvalue weighted by atomic mass is 32.1. The van der Waals surface area contributed by atoms with Crippen molar-refractivity contribution in [2.24, 2.45) is 4.99 Å². The molecule has 0 atom stereocenters. The number of nitrogens with zero attached hydrogens (tertiary/aromatic N) is 1. The largest absolute Gasteiger partial charge is 0.462 e. The van der Waals surface area contributed by atoms with E-state index in [0.717, 1.165) is 6.07 Å². The molecule has 1 aromatic rings. The fraction of sp³-hybridized carbons (Fsp3) is 0.200. The first-order valence-electron chi connectivity index (χ1n) is 4.23. The molecular formula is C10H8FNO2S. The number of thiocarbonyl (C=S) groups is 1. The lowest BCUT2D eigenvalue weighted by Gasteiger charge is -2.03. The molecule has 5 heteroatoms. The van der Waals surface area contributed by atoms with Gasteiger partial charge in [-0.25, -0.2) is 9.18 Å². The predicted molar refractivity (Wildman–Crippen MR) is 57.0 cm³/mol. The summed E-state index contributed by atoms with van der Waals surface area (Å²) in [6.07, 6.45) is 0. The molecule has 0 aliphatic carbocycles. The van der Waals surface area contributed by atoms with Gasteiger partial charge in [0.2, 0.25) is 0 Å². The minimum Gasteiger partial charge on any atom is -0.462 e. The van der Waals surface area contributed by atoms with E-state index < -0.39 is 11.8 Å². The molecule has 1 rings (SSSR count). The fourth-order valence-corrected chi connectivity index (χ4v) is 1.11. The van der Waals surface area contributed by atoms with Gasteiger partial charge in [-0.2, -0.15) is 4.99 Å². The van der Waals surface area contributed by atoms with Crippen LogP contribution in [0.4, 0.5) is 10.1 Å². The fourth-order valence-electron chi connectivity index (χ4n) is 1.00. The summed E-state index contributed by atoms with van der Waals surface area (Å²) in [5.74, 6) is -1.35. The lowest BCUT2D eigenvalue weighted by Crippen LogP contribution is -2.06. The number of carbonyl (C=O) groups excluding carboxylic acids is 1. The standard InChI is InChI=1S/C10H8FNO2S/c1-2-14-10(13)8-5-7(12-6-15)3-4-9(8)11/h3-5H,2H2,1H3. The van der Waals surface area contributed by atoms with Gasteiger partial charge in [-0.1, -0.05) is 0 Å². The van der Waals surface area contributed by atoms with E-state index in [0.29, 0.717) is 5.69 Å². The zero-order valence-electron chi connectivity index (χ0n) is 7.99. The van der Waals surface area contributed by atoms with Crippen LogP contribution in [0.3, 0.4) is 0 Å². The summed E-state index contributed by atoms with van der Waals surface area (Å²) in [6.45, 7) is 1.84. The minimum absolute atomic E-state index is 0.150. The van der Waals surface area contributed by atoms with E-state index >= 15 is 0 Å². The van der Waals surface area contributed by atoms with Gasteiger partial charge in [0, 0.05) is 0 Å². The first kappa shape index (κ1) is 11.5. The molecule has 0 fully saturated rings. The maximum Gasteiger partial charge on any atom is 0.341 e. The van der Waals surface area contributed by atoms with Crippen LogP contribution in [0.15, 0.2) is 23.2 Å². The van der Waals surface area contributed by atoms with Crippen molar-refractivity contribution in [3.8, 4) is 0 Å². The number of hydrogen-bond donors (Lipinski definition) is 0. The predicted octanol–water partition coefficient (Wildman–Crippen LogP) is 2.74. The number of ether oxygens (including phenoxy) is 1. The molecule has 15 heavy (non-hydrogen) atoms. The summed E-state index contributed by atoms with van der Waals surface area (Å²) in [6, 6.07) is 3.81. The second-order valence-corrected chi connectivity index (χ2v) is 2.77. The van der Waals surface area contributed by atoms with E-state index in [1.165, 1.54) is 12.1 Å². The second kappa shape index (κ2) is 5.34. The Labute approximate surface area is 91.6 Å². The third-order valence-corrected chi connectivity index (χ3v) is 1.71. The van der Waals surface area contributed by atoms with Crippen LogP contribution in [-0.4, -0.2) is 17.7 Å². The number of carbonyl (C=O) groups is 1. The Bertz CT molecular complexity index is 427. The number of isothiocyanates is 1. The van der Waals surface area contributed by atoms with E-state index in [9.17, 15) is 9.18 Å². The maximum atomic E-state index is 13.2. The topological polar surface area (TPSA) is 38.7 Å². The molecule has 0 N–H and O–H groups in total. The van der Waals surface area contributed by atoms with Gasteiger partial charge >= 0.3 is 5.97 Å². The van der Waals surface area contributed by atoms with Crippen molar-refractivity contribution < 1.29 is 13.9 Å². The van der Waals surface area contributed by atoms with Crippen LogP contribution in [0.5, 0.6) is 0 Å². The normalized spacial score (nSPS) is 9.20. The number of esters is 1. The molecule has 0 unspecified atom stereocenters. The summed E-state index contributed by atoms with van der Waals surface area (Å²) >= 11 is 4.40. The molecule has 0 saturated carbocycles. The SMILES string of the molecule is CCOC(=O)c1cc(N=C=S)ccc1F. The van der Waals surface area contributed by atoms with E-state index in [1.54, 1.807) is 6.92 Å². The van der Waals surface area contributed by atoms with Gasteiger partial charge in [0.05, 0.1) is 23.0 Å². The average molecular weight is 225 g/mol. The molecule has 0 saturated heterocycles. The van der Waals surface area contributed by atoms with Crippen LogP contribution in [-0.2, 0) is 4.74 Å². The molecule has 3 nitrogen and oxygen atoms in total. The van der Waals surface area contributed by atoms with Gasteiger partial charge in [-0.05, 0) is 37.3 Å². The number of rotatable bonds is 3. The van der Waals surface area contributed by atoms with E-state index in [4.69, 9.17) is 0 Å². The zero-order valence-corrected chi connectivity index (χ0v) is 8.81. The average Bonchev–Trinajstić information content (AvgIpc) is 2.21. The van der Waals surface area contributed by atoms with Crippen molar-refractivity contribution in [3.05, 3.63) is 29.6 Å². The van der Waals surface area contributed by atoms with Crippen molar-refractivity contribution in [1.29, 1.82) is 0 Å². The zero-order chi connectivity index (χ0) is 11.3. The van der Waals surface area contributed by atoms with Crippen molar-refractivity contribution in [1.82, 2.24) is 0 Å². The smallest absolute Gasteiger partial charge is 0.341 e. The lowest BCUT2D eigenvalue weighted by molar-refractivity contribution is 0.0521. The first-order chi connectivity index (χ1) is 7.19. The van der Waals surface area contributed by atoms with Crippen LogP contribution < -0.4 is 0 Å². The quantitative estimate of drug-likeness (QED) is 0.451. The molecule has 0 bridgehead atoms. The monoisotopic (exact) mass is 225 g/mol. The highest BCUT2D eigenvalue weighted by molar-refractivity contribution is 7.78. The Morgan fingerprint density at radius 2 is 2.40 bits per heavy atom. The maximum absolute atomic E-state index is 13.2. The third-order valence-electron chi connectivity index (χ3n) is 1.62. The van der Waals surface area contributed by atoms with Gasteiger partial charge in [0.1, 0.15) is 5.82 Å². The van der Waals surface area contributed by atoms with E-state index in [1.807, 2.05) is 0 Å². The van der Waals surface area contributed by atoms with Gasteiger partial charge < -0.3 is 4.74 Å². The Morgan fingerprint density at radius 1 is 1.67 bits per heavy atom. The highest BCUT2D eigenvalue weighted by Gasteiger charge is 2.12. The second-order valence-electron chi connectivity index (χ2n) is 2.59. The molecule has 0 radical (unpaired) electrons. The lowest BCUT2D eigenvalue weighted by atomic mass is 10.2. The van der Waals surface area contributed by atoms with Gasteiger partial charge in [-0.3, -0.25) is 0 Å². The molecule has 0 aliphatic rings. The van der Waals surface area contributed by atoms with Gasteiger partial charge in [0.25, 0.3) is 0 Å². The summed E-state index contributed by atoms with van der Waals surface area (Å²) in [4.78, 5) is 14.9. The minimum atomic E-state index is -0.712. The van der Waals surface area contributed by atoms with Crippen LogP contribution in [0.2, 0.25) is 0 Å². The molecule has 0 aliphatic heterocycles. The van der Waals surface area contributed by atoms with Crippen LogP contribution in [0.25, 0.3) is 0 Å². The molecular weight excluding hydrogens is 217 g/mol. The number of hydrogen-bond acceptors (Lipinski definition) is 4. The number of benzene rings is 1. The first-order valence-corrected chi connectivity index (χ1v) is 4.64. The Hall–Kier alpha value is -1.58.